The second-order valence-electron chi connectivity index (χ2n) is 5.24. The highest BCUT2D eigenvalue weighted by atomic mass is 14.9. The molecule has 1 aliphatic rings. The topological polar surface area (TPSA) is 12.0 Å². The van der Waals surface area contributed by atoms with Crippen LogP contribution >= 0.6 is 0 Å². The second-order valence-corrected chi connectivity index (χ2v) is 5.24. The second kappa shape index (κ2) is 6.80. The Bertz CT molecular complexity index is 301. The van der Waals surface area contributed by atoms with Crippen LogP contribution in [0.2, 0.25) is 0 Å². The van der Waals surface area contributed by atoms with Gasteiger partial charge in [0.05, 0.1) is 0 Å². The Morgan fingerprint density at radius 1 is 1.12 bits per heavy atom. The van der Waals surface area contributed by atoms with E-state index in [0.29, 0.717) is 6.04 Å². The van der Waals surface area contributed by atoms with E-state index in [-0.39, 0.29) is 0 Å². The third kappa shape index (κ3) is 3.57. The zero-order valence-electron chi connectivity index (χ0n) is 11.0. The van der Waals surface area contributed by atoms with Crippen LogP contribution in [0.3, 0.4) is 0 Å². The summed E-state index contributed by atoms with van der Waals surface area (Å²) in [6, 6.07) is 11.6. The van der Waals surface area contributed by atoms with Crippen LogP contribution in [0.25, 0.3) is 0 Å². The third-order valence-corrected chi connectivity index (χ3v) is 3.89. The molecule has 2 rings (SSSR count). The lowest BCUT2D eigenvalue weighted by atomic mass is 9.81. The minimum atomic E-state index is 0.580. The Balaban J connectivity index is 2.06. The summed E-state index contributed by atoms with van der Waals surface area (Å²) in [7, 11) is 0. The predicted molar refractivity (Wildman–Crippen MR) is 74.1 cm³/mol. The van der Waals surface area contributed by atoms with Gasteiger partial charge in [-0.3, -0.25) is 0 Å². The molecule has 1 N–H and O–H groups in total. The zero-order valence-corrected chi connectivity index (χ0v) is 11.0. The first-order valence-corrected chi connectivity index (χ1v) is 7.20. The highest BCUT2D eigenvalue weighted by molar-refractivity contribution is 5.19. The molecule has 1 saturated carbocycles. The van der Waals surface area contributed by atoms with Crippen LogP contribution in [-0.4, -0.2) is 6.54 Å². The van der Waals surface area contributed by atoms with Crippen LogP contribution in [0.15, 0.2) is 30.3 Å². The molecule has 17 heavy (non-hydrogen) atoms. The molecule has 0 radical (unpaired) electrons. The molecule has 0 heterocycles. The highest BCUT2D eigenvalue weighted by Gasteiger charge is 2.24. The molecule has 94 valence electrons. The summed E-state index contributed by atoms with van der Waals surface area (Å²) in [5.74, 6) is 0.845. The standard InChI is InChI=1S/C16H25N/c1-2-13-17-16(14-9-5-3-6-10-14)15-11-7-4-8-12-15/h3,5-6,9-10,15-17H,2,4,7-8,11-13H2,1H3. The molecule has 1 aliphatic carbocycles. The first-order valence-electron chi connectivity index (χ1n) is 7.20. The van der Waals surface area contributed by atoms with Crippen LogP contribution in [-0.2, 0) is 0 Å². The van der Waals surface area contributed by atoms with Crippen molar-refractivity contribution in [1.29, 1.82) is 0 Å². The predicted octanol–water partition coefficient (Wildman–Crippen LogP) is 4.31. The summed E-state index contributed by atoms with van der Waals surface area (Å²) in [6.45, 7) is 3.38. The van der Waals surface area contributed by atoms with Gasteiger partial charge in [0.25, 0.3) is 0 Å². The molecule has 1 fully saturated rings. The summed E-state index contributed by atoms with van der Waals surface area (Å²) < 4.78 is 0. The molecule has 0 bridgehead atoms. The lowest BCUT2D eigenvalue weighted by molar-refractivity contribution is 0.272. The quantitative estimate of drug-likeness (QED) is 0.796. The number of rotatable bonds is 5. The van der Waals surface area contributed by atoms with Crippen molar-refractivity contribution in [1.82, 2.24) is 5.32 Å². The van der Waals surface area contributed by atoms with E-state index in [0.717, 1.165) is 12.5 Å². The van der Waals surface area contributed by atoms with Crippen molar-refractivity contribution in [3.8, 4) is 0 Å². The van der Waals surface area contributed by atoms with E-state index in [2.05, 4.69) is 42.6 Å². The minimum absolute atomic E-state index is 0.580. The maximum absolute atomic E-state index is 3.76. The van der Waals surface area contributed by atoms with Crippen molar-refractivity contribution >= 4 is 0 Å². The lowest BCUT2D eigenvalue weighted by Gasteiger charge is -2.31. The van der Waals surface area contributed by atoms with E-state index in [4.69, 9.17) is 0 Å². The van der Waals surface area contributed by atoms with Gasteiger partial charge in [0.15, 0.2) is 0 Å². The smallest absolute Gasteiger partial charge is 0.0348 e. The highest BCUT2D eigenvalue weighted by Crippen LogP contribution is 2.34. The molecule has 1 heteroatoms. The van der Waals surface area contributed by atoms with Crippen LogP contribution < -0.4 is 5.32 Å². The molecule has 0 aliphatic heterocycles. The van der Waals surface area contributed by atoms with E-state index in [9.17, 15) is 0 Å². The minimum Gasteiger partial charge on any atom is -0.310 e. The van der Waals surface area contributed by atoms with Crippen molar-refractivity contribution in [2.45, 2.75) is 51.5 Å². The summed E-state index contributed by atoms with van der Waals surface area (Å²) in [6.07, 6.45) is 8.29. The fourth-order valence-corrected chi connectivity index (χ4v) is 2.98. The lowest BCUT2D eigenvalue weighted by Crippen LogP contribution is -2.30. The molecule has 1 unspecified atom stereocenters. The molecule has 0 spiro atoms. The van der Waals surface area contributed by atoms with Crippen molar-refractivity contribution in [3.63, 3.8) is 0 Å². The number of benzene rings is 1. The van der Waals surface area contributed by atoms with Gasteiger partial charge in [-0.05, 0) is 37.3 Å². The molecule has 0 aromatic heterocycles. The van der Waals surface area contributed by atoms with Crippen LogP contribution in [0.4, 0.5) is 0 Å². The maximum Gasteiger partial charge on any atom is 0.0348 e. The van der Waals surface area contributed by atoms with Crippen LogP contribution in [0.5, 0.6) is 0 Å². The fourth-order valence-electron chi connectivity index (χ4n) is 2.98. The summed E-state index contributed by atoms with van der Waals surface area (Å²) in [5, 5.41) is 3.76. The van der Waals surface area contributed by atoms with Gasteiger partial charge in [0, 0.05) is 6.04 Å². The summed E-state index contributed by atoms with van der Waals surface area (Å²) in [5.41, 5.74) is 1.48. The monoisotopic (exact) mass is 231 g/mol. The zero-order chi connectivity index (χ0) is 11.9. The van der Waals surface area contributed by atoms with Crippen molar-refractivity contribution < 1.29 is 0 Å². The van der Waals surface area contributed by atoms with E-state index in [1.165, 1.54) is 44.1 Å². The van der Waals surface area contributed by atoms with Gasteiger partial charge in [0.2, 0.25) is 0 Å². The molecule has 1 atom stereocenters. The average molecular weight is 231 g/mol. The van der Waals surface area contributed by atoms with Crippen molar-refractivity contribution in [2.24, 2.45) is 5.92 Å². The largest absolute Gasteiger partial charge is 0.310 e. The Morgan fingerprint density at radius 3 is 2.47 bits per heavy atom. The molecule has 0 amide bonds. The molecule has 1 nitrogen and oxygen atoms in total. The van der Waals surface area contributed by atoms with Gasteiger partial charge in [0.1, 0.15) is 0 Å². The Labute approximate surface area is 106 Å². The molecule has 1 aromatic rings. The summed E-state index contributed by atoms with van der Waals surface area (Å²) >= 11 is 0. The number of nitrogens with one attached hydrogen (secondary N) is 1. The van der Waals surface area contributed by atoms with Gasteiger partial charge in [-0.2, -0.15) is 0 Å². The van der Waals surface area contributed by atoms with Crippen molar-refractivity contribution in [3.05, 3.63) is 35.9 Å². The Kier molecular flexibility index (Phi) is 5.06. The normalized spacial score (nSPS) is 19.1. The molecular formula is C16H25N. The van der Waals surface area contributed by atoms with Crippen molar-refractivity contribution in [2.75, 3.05) is 6.54 Å². The first kappa shape index (κ1) is 12.6. The van der Waals surface area contributed by atoms with Gasteiger partial charge >= 0.3 is 0 Å². The third-order valence-electron chi connectivity index (χ3n) is 3.89. The number of hydrogen-bond donors (Lipinski definition) is 1. The van der Waals surface area contributed by atoms with Gasteiger partial charge < -0.3 is 5.32 Å². The Morgan fingerprint density at radius 2 is 1.82 bits per heavy atom. The number of hydrogen-bond acceptors (Lipinski definition) is 1. The van der Waals surface area contributed by atoms with E-state index in [1.54, 1.807) is 0 Å². The van der Waals surface area contributed by atoms with Crippen LogP contribution in [0, 0.1) is 5.92 Å². The van der Waals surface area contributed by atoms with E-state index < -0.39 is 0 Å². The summed E-state index contributed by atoms with van der Waals surface area (Å²) in [4.78, 5) is 0. The van der Waals surface area contributed by atoms with Gasteiger partial charge in [-0.25, -0.2) is 0 Å². The maximum atomic E-state index is 3.76. The molecule has 1 aromatic carbocycles. The van der Waals surface area contributed by atoms with E-state index >= 15 is 0 Å². The van der Waals surface area contributed by atoms with Crippen LogP contribution in [0.1, 0.15) is 57.1 Å². The van der Waals surface area contributed by atoms with E-state index in [1.807, 2.05) is 0 Å². The average Bonchev–Trinajstić information content (AvgIpc) is 2.42. The van der Waals surface area contributed by atoms with Gasteiger partial charge in [-0.15, -0.1) is 0 Å². The molecular weight excluding hydrogens is 206 g/mol. The Hall–Kier alpha value is -0.820. The SMILES string of the molecule is CCCNC(c1ccccc1)C1CCCCC1. The van der Waals surface area contributed by atoms with Gasteiger partial charge in [-0.1, -0.05) is 56.5 Å². The fraction of sp³-hybridized carbons (Fsp3) is 0.625. The molecule has 0 saturated heterocycles. The first-order chi connectivity index (χ1) is 8.42.